The van der Waals surface area contributed by atoms with Crippen LogP contribution in [0.1, 0.15) is 11.1 Å². The minimum atomic E-state index is 0.540. The Bertz CT molecular complexity index is 233. The standard InChI is InChI=1S/C8H11NSe/c1-6-4-8(10-3)9-5-7(6)2/h4-5H,1-3H3. The molecule has 0 atom stereocenters. The summed E-state index contributed by atoms with van der Waals surface area (Å²) in [5.74, 6) is 2.18. The second-order valence-corrected chi connectivity index (χ2v) is 4.05. The van der Waals surface area contributed by atoms with E-state index in [0.717, 1.165) is 0 Å². The number of hydrogen-bond donors (Lipinski definition) is 0. The monoisotopic (exact) mass is 201 g/mol. The maximum absolute atomic E-state index is 4.29. The molecule has 1 aromatic heterocycles. The van der Waals surface area contributed by atoms with E-state index in [2.05, 4.69) is 30.7 Å². The molecule has 1 nitrogen and oxygen atoms in total. The number of nitrogens with zero attached hydrogens (tertiary/aromatic N) is 1. The van der Waals surface area contributed by atoms with Gasteiger partial charge in [0.05, 0.1) is 0 Å². The molecule has 2 heteroatoms. The van der Waals surface area contributed by atoms with Gasteiger partial charge in [-0.25, -0.2) is 0 Å². The number of pyridine rings is 1. The van der Waals surface area contributed by atoms with Crippen LogP contribution in [-0.2, 0) is 0 Å². The molecule has 0 aliphatic heterocycles. The van der Waals surface area contributed by atoms with E-state index in [9.17, 15) is 0 Å². The van der Waals surface area contributed by atoms with Crippen LogP contribution in [0.3, 0.4) is 0 Å². The Morgan fingerprint density at radius 1 is 1.30 bits per heavy atom. The normalized spacial score (nSPS) is 9.90. The molecule has 0 aliphatic carbocycles. The number of aryl methyl sites for hydroxylation is 2. The molecule has 1 aromatic rings. The molecule has 0 aliphatic rings. The molecule has 1 rings (SSSR count). The zero-order chi connectivity index (χ0) is 7.56. The molecular formula is C8H11NSe. The molecule has 54 valence electrons. The van der Waals surface area contributed by atoms with Gasteiger partial charge in [-0.05, 0) is 0 Å². The first-order chi connectivity index (χ1) is 4.74. The molecule has 0 N–H and O–H groups in total. The Morgan fingerprint density at radius 2 is 2.00 bits per heavy atom. The fourth-order valence-electron chi connectivity index (χ4n) is 0.710. The number of hydrogen-bond acceptors (Lipinski definition) is 1. The fraction of sp³-hybridized carbons (Fsp3) is 0.375. The van der Waals surface area contributed by atoms with Gasteiger partial charge in [0.15, 0.2) is 0 Å². The van der Waals surface area contributed by atoms with E-state index >= 15 is 0 Å². The molecule has 1 heterocycles. The first-order valence-corrected chi connectivity index (χ1v) is 5.78. The van der Waals surface area contributed by atoms with Crippen LogP contribution in [0, 0.1) is 13.8 Å². The molecule has 0 unspecified atom stereocenters. The van der Waals surface area contributed by atoms with Crippen molar-refractivity contribution in [3.63, 3.8) is 0 Å². The SMILES string of the molecule is C[Se]c1cc(C)c(C)cn1. The molecule has 0 bridgehead atoms. The Balaban J connectivity index is 3.04. The zero-order valence-corrected chi connectivity index (χ0v) is 8.22. The third kappa shape index (κ3) is 1.59. The Morgan fingerprint density at radius 3 is 2.50 bits per heavy atom. The van der Waals surface area contributed by atoms with Crippen molar-refractivity contribution in [3.05, 3.63) is 23.4 Å². The van der Waals surface area contributed by atoms with Crippen LogP contribution < -0.4 is 4.59 Å². The summed E-state index contributed by atoms with van der Waals surface area (Å²) in [7, 11) is 0. The Labute approximate surface area is 68.0 Å². The Kier molecular flexibility index (Phi) is 2.47. The first-order valence-electron chi connectivity index (χ1n) is 3.21. The second kappa shape index (κ2) is 3.18. The van der Waals surface area contributed by atoms with E-state index in [0.29, 0.717) is 15.0 Å². The summed E-state index contributed by atoms with van der Waals surface area (Å²) in [4.78, 5) is 4.29. The predicted octanol–water partition coefficient (Wildman–Crippen LogP) is 1.08. The van der Waals surface area contributed by atoms with Crippen molar-refractivity contribution in [1.29, 1.82) is 0 Å². The predicted molar refractivity (Wildman–Crippen MR) is 45.0 cm³/mol. The van der Waals surface area contributed by atoms with Gasteiger partial charge in [-0.3, -0.25) is 0 Å². The molecule has 0 fully saturated rings. The summed E-state index contributed by atoms with van der Waals surface area (Å²) in [6.45, 7) is 4.22. The van der Waals surface area contributed by atoms with Crippen molar-refractivity contribution < 1.29 is 0 Å². The summed E-state index contributed by atoms with van der Waals surface area (Å²) in [5.41, 5.74) is 2.64. The van der Waals surface area contributed by atoms with E-state index in [1.165, 1.54) is 15.7 Å². The van der Waals surface area contributed by atoms with Crippen LogP contribution >= 0.6 is 0 Å². The molecule has 0 aromatic carbocycles. The van der Waals surface area contributed by atoms with Gasteiger partial charge in [0.1, 0.15) is 0 Å². The third-order valence-corrected chi connectivity index (χ3v) is 2.90. The van der Waals surface area contributed by atoms with E-state index in [1.54, 1.807) is 0 Å². The van der Waals surface area contributed by atoms with Crippen LogP contribution in [0.15, 0.2) is 12.3 Å². The molecule has 0 spiro atoms. The van der Waals surface area contributed by atoms with E-state index < -0.39 is 0 Å². The molecule has 0 saturated carbocycles. The Hall–Kier alpha value is -0.331. The molecule has 0 amide bonds. The van der Waals surface area contributed by atoms with Crippen LogP contribution in [0.4, 0.5) is 0 Å². The minimum absolute atomic E-state index is 0.540. The third-order valence-electron chi connectivity index (χ3n) is 1.56. The maximum atomic E-state index is 4.29. The van der Waals surface area contributed by atoms with Gasteiger partial charge in [0.25, 0.3) is 0 Å². The summed E-state index contributed by atoms with van der Waals surface area (Å²) < 4.78 is 1.25. The van der Waals surface area contributed by atoms with E-state index in [-0.39, 0.29) is 0 Å². The van der Waals surface area contributed by atoms with E-state index in [1.807, 2.05) is 6.20 Å². The fourth-order valence-corrected chi connectivity index (χ4v) is 1.66. The van der Waals surface area contributed by atoms with Crippen molar-refractivity contribution in [2.24, 2.45) is 0 Å². The van der Waals surface area contributed by atoms with Gasteiger partial charge in [-0.2, -0.15) is 0 Å². The molecular weight excluding hydrogens is 189 g/mol. The summed E-state index contributed by atoms with van der Waals surface area (Å²) in [6.07, 6.45) is 1.95. The van der Waals surface area contributed by atoms with Gasteiger partial charge in [0, 0.05) is 0 Å². The average molecular weight is 200 g/mol. The molecule has 0 saturated heterocycles. The number of rotatable bonds is 1. The van der Waals surface area contributed by atoms with Crippen LogP contribution in [-0.4, -0.2) is 19.9 Å². The number of aromatic nitrogens is 1. The topological polar surface area (TPSA) is 12.9 Å². The van der Waals surface area contributed by atoms with Crippen molar-refractivity contribution in [2.75, 3.05) is 0 Å². The van der Waals surface area contributed by atoms with Crippen molar-refractivity contribution >= 4 is 19.5 Å². The quantitative estimate of drug-likeness (QED) is 0.618. The van der Waals surface area contributed by atoms with Crippen molar-refractivity contribution in [3.8, 4) is 0 Å². The van der Waals surface area contributed by atoms with Gasteiger partial charge in [-0.1, -0.05) is 0 Å². The second-order valence-electron chi connectivity index (χ2n) is 2.31. The van der Waals surface area contributed by atoms with Crippen LogP contribution in [0.2, 0.25) is 5.82 Å². The van der Waals surface area contributed by atoms with Crippen molar-refractivity contribution in [1.82, 2.24) is 4.98 Å². The zero-order valence-electron chi connectivity index (χ0n) is 6.51. The summed E-state index contributed by atoms with van der Waals surface area (Å²) in [6, 6.07) is 2.18. The van der Waals surface area contributed by atoms with Gasteiger partial charge >= 0.3 is 67.6 Å². The van der Waals surface area contributed by atoms with Gasteiger partial charge in [-0.15, -0.1) is 0 Å². The first kappa shape index (κ1) is 7.77. The van der Waals surface area contributed by atoms with Gasteiger partial charge < -0.3 is 0 Å². The van der Waals surface area contributed by atoms with E-state index in [4.69, 9.17) is 0 Å². The molecule has 10 heavy (non-hydrogen) atoms. The van der Waals surface area contributed by atoms with Crippen LogP contribution in [0.5, 0.6) is 0 Å². The summed E-state index contributed by atoms with van der Waals surface area (Å²) >= 11 is 0.540. The average Bonchev–Trinajstić information content (AvgIpc) is 1.95. The molecule has 0 radical (unpaired) electrons. The van der Waals surface area contributed by atoms with Crippen molar-refractivity contribution in [2.45, 2.75) is 19.7 Å². The summed E-state index contributed by atoms with van der Waals surface area (Å²) in [5, 5.41) is 0. The van der Waals surface area contributed by atoms with Crippen LogP contribution in [0.25, 0.3) is 0 Å². The van der Waals surface area contributed by atoms with Gasteiger partial charge in [0.2, 0.25) is 0 Å².